The minimum Gasteiger partial charge on any atom is -0.392 e. The van der Waals surface area contributed by atoms with Crippen LogP contribution in [0.15, 0.2) is 33.6 Å². The number of aliphatic hydroxyl groups is 1. The van der Waals surface area contributed by atoms with Crippen molar-refractivity contribution in [2.24, 2.45) is 5.92 Å². The third-order valence-corrected chi connectivity index (χ3v) is 3.69. The average molecular weight is 289 g/mol. The van der Waals surface area contributed by atoms with Crippen molar-refractivity contribution in [3.63, 3.8) is 0 Å². The minimum atomic E-state index is -0.196. The summed E-state index contributed by atoms with van der Waals surface area (Å²) in [7, 11) is 0. The number of aliphatic hydroxyl groups excluding tert-OH is 1. The molecule has 0 saturated carbocycles. The zero-order chi connectivity index (χ0) is 11.3. The van der Waals surface area contributed by atoms with Crippen LogP contribution in [0.3, 0.4) is 0 Å². The Labute approximate surface area is 104 Å². The van der Waals surface area contributed by atoms with Crippen LogP contribution in [0, 0.1) is 5.92 Å². The van der Waals surface area contributed by atoms with Gasteiger partial charge in [0.15, 0.2) is 0 Å². The van der Waals surface area contributed by atoms with Gasteiger partial charge in [-0.3, -0.25) is 0 Å². The maximum Gasteiger partial charge on any atom is 0.0636 e. The maximum atomic E-state index is 9.71. The molecule has 0 spiro atoms. The standard InChI is InChI=1S/C12H17BrOS/c1-9(2)7-11(14)8-15-12-5-3-10(13)4-6-12/h3-6,9,11,14H,7-8H2,1-2H3. The lowest BCUT2D eigenvalue weighted by atomic mass is 10.1. The highest BCUT2D eigenvalue weighted by atomic mass is 79.9. The molecule has 0 heterocycles. The van der Waals surface area contributed by atoms with Crippen molar-refractivity contribution in [3.8, 4) is 0 Å². The average Bonchev–Trinajstić information content (AvgIpc) is 2.16. The molecule has 84 valence electrons. The Balaban J connectivity index is 2.33. The molecule has 0 fully saturated rings. The Morgan fingerprint density at radius 3 is 2.40 bits per heavy atom. The van der Waals surface area contributed by atoms with Crippen LogP contribution in [0.25, 0.3) is 0 Å². The summed E-state index contributed by atoms with van der Waals surface area (Å²) < 4.78 is 1.09. The van der Waals surface area contributed by atoms with E-state index in [1.165, 1.54) is 4.90 Å². The van der Waals surface area contributed by atoms with Crippen molar-refractivity contribution in [1.82, 2.24) is 0 Å². The first-order valence-corrected chi connectivity index (χ1v) is 6.92. The summed E-state index contributed by atoms with van der Waals surface area (Å²) in [6, 6.07) is 8.18. The van der Waals surface area contributed by atoms with Crippen LogP contribution in [0.2, 0.25) is 0 Å². The molecule has 1 unspecified atom stereocenters. The van der Waals surface area contributed by atoms with E-state index in [2.05, 4.69) is 41.9 Å². The fourth-order valence-electron chi connectivity index (χ4n) is 1.34. The van der Waals surface area contributed by atoms with Crippen LogP contribution in [-0.2, 0) is 0 Å². The number of benzene rings is 1. The van der Waals surface area contributed by atoms with Gasteiger partial charge in [0.05, 0.1) is 6.10 Å². The van der Waals surface area contributed by atoms with Crippen molar-refractivity contribution in [3.05, 3.63) is 28.7 Å². The third kappa shape index (κ3) is 5.59. The van der Waals surface area contributed by atoms with Gasteiger partial charge >= 0.3 is 0 Å². The lowest BCUT2D eigenvalue weighted by Crippen LogP contribution is -2.12. The molecular formula is C12H17BrOS. The predicted molar refractivity (Wildman–Crippen MR) is 70.3 cm³/mol. The highest BCUT2D eigenvalue weighted by Crippen LogP contribution is 2.22. The Morgan fingerprint density at radius 2 is 1.87 bits per heavy atom. The Kier molecular flexibility index (Phi) is 5.72. The minimum absolute atomic E-state index is 0.196. The summed E-state index contributed by atoms with van der Waals surface area (Å²) in [6.07, 6.45) is 0.683. The van der Waals surface area contributed by atoms with E-state index in [0.717, 1.165) is 16.6 Å². The first-order valence-electron chi connectivity index (χ1n) is 5.14. The first kappa shape index (κ1) is 13.1. The van der Waals surface area contributed by atoms with Crippen LogP contribution in [0.5, 0.6) is 0 Å². The first-order chi connectivity index (χ1) is 7.08. The molecule has 1 nitrogen and oxygen atoms in total. The molecule has 0 aliphatic rings. The van der Waals surface area contributed by atoms with Crippen molar-refractivity contribution >= 4 is 27.7 Å². The van der Waals surface area contributed by atoms with E-state index in [4.69, 9.17) is 0 Å². The van der Waals surface area contributed by atoms with Gasteiger partial charge in [0.25, 0.3) is 0 Å². The Hall–Kier alpha value is 0.01000. The fraction of sp³-hybridized carbons (Fsp3) is 0.500. The molecule has 1 N–H and O–H groups in total. The normalized spacial score (nSPS) is 13.1. The van der Waals surface area contributed by atoms with Gasteiger partial charge in [-0.15, -0.1) is 11.8 Å². The highest BCUT2D eigenvalue weighted by molar-refractivity contribution is 9.10. The summed E-state index contributed by atoms with van der Waals surface area (Å²) in [5, 5.41) is 9.71. The molecule has 0 aliphatic heterocycles. The number of halogens is 1. The zero-order valence-electron chi connectivity index (χ0n) is 9.11. The topological polar surface area (TPSA) is 20.2 Å². The second-order valence-electron chi connectivity index (χ2n) is 4.05. The van der Waals surface area contributed by atoms with E-state index in [1.54, 1.807) is 11.8 Å². The van der Waals surface area contributed by atoms with Crippen molar-refractivity contribution < 1.29 is 5.11 Å². The van der Waals surface area contributed by atoms with Crippen LogP contribution in [-0.4, -0.2) is 17.0 Å². The third-order valence-electron chi connectivity index (χ3n) is 2.00. The summed E-state index contributed by atoms with van der Waals surface area (Å²) in [5.74, 6) is 1.34. The molecule has 1 rings (SSSR count). The van der Waals surface area contributed by atoms with Crippen molar-refractivity contribution in [1.29, 1.82) is 0 Å². The lowest BCUT2D eigenvalue weighted by Gasteiger charge is -2.12. The number of rotatable bonds is 5. The highest BCUT2D eigenvalue weighted by Gasteiger charge is 2.07. The molecule has 1 atom stereocenters. The van der Waals surface area contributed by atoms with Crippen molar-refractivity contribution in [2.75, 3.05) is 5.75 Å². The van der Waals surface area contributed by atoms with Gasteiger partial charge < -0.3 is 5.11 Å². The Bertz CT molecular complexity index is 284. The molecule has 3 heteroatoms. The van der Waals surface area contributed by atoms with Gasteiger partial charge in [-0.05, 0) is 36.6 Å². The Morgan fingerprint density at radius 1 is 1.27 bits per heavy atom. The summed E-state index contributed by atoms with van der Waals surface area (Å²) in [6.45, 7) is 4.26. The van der Waals surface area contributed by atoms with E-state index in [9.17, 15) is 5.11 Å². The molecule has 0 aromatic heterocycles. The summed E-state index contributed by atoms with van der Waals surface area (Å²) >= 11 is 5.11. The summed E-state index contributed by atoms with van der Waals surface area (Å²) in [5.41, 5.74) is 0. The van der Waals surface area contributed by atoms with Gasteiger partial charge in [0.1, 0.15) is 0 Å². The molecular weight excluding hydrogens is 272 g/mol. The van der Waals surface area contributed by atoms with Gasteiger partial charge in [-0.2, -0.15) is 0 Å². The molecule has 0 radical (unpaired) electrons. The largest absolute Gasteiger partial charge is 0.392 e. The number of hydrogen-bond acceptors (Lipinski definition) is 2. The SMILES string of the molecule is CC(C)CC(O)CSc1ccc(Br)cc1. The number of thioether (sulfide) groups is 1. The van der Waals surface area contributed by atoms with E-state index < -0.39 is 0 Å². The molecule has 0 bridgehead atoms. The summed E-state index contributed by atoms with van der Waals surface area (Å²) in [4.78, 5) is 1.21. The van der Waals surface area contributed by atoms with Gasteiger partial charge in [-0.25, -0.2) is 0 Å². The quantitative estimate of drug-likeness (QED) is 0.828. The van der Waals surface area contributed by atoms with Crippen LogP contribution in [0.4, 0.5) is 0 Å². The molecule has 0 amide bonds. The molecule has 0 saturated heterocycles. The molecule has 0 aliphatic carbocycles. The molecule has 1 aromatic carbocycles. The predicted octanol–water partition coefficient (Wildman–Crippen LogP) is 3.95. The van der Waals surface area contributed by atoms with Gasteiger partial charge in [0.2, 0.25) is 0 Å². The van der Waals surface area contributed by atoms with Crippen LogP contribution < -0.4 is 0 Å². The van der Waals surface area contributed by atoms with E-state index in [1.807, 2.05) is 12.1 Å². The smallest absolute Gasteiger partial charge is 0.0636 e. The van der Waals surface area contributed by atoms with E-state index >= 15 is 0 Å². The monoisotopic (exact) mass is 288 g/mol. The molecule has 15 heavy (non-hydrogen) atoms. The van der Waals surface area contributed by atoms with E-state index in [0.29, 0.717) is 5.92 Å². The molecule has 1 aromatic rings. The van der Waals surface area contributed by atoms with E-state index in [-0.39, 0.29) is 6.10 Å². The van der Waals surface area contributed by atoms with Gasteiger partial charge in [0, 0.05) is 15.1 Å². The fourth-order valence-corrected chi connectivity index (χ4v) is 2.45. The van der Waals surface area contributed by atoms with Crippen LogP contribution >= 0.6 is 27.7 Å². The van der Waals surface area contributed by atoms with Crippen LogP contribution in [0.1, 0.15) is 20.3 Å². The lowest BCUT2D eigenvalue weighted by molar-refractivity contribution is 0.172. The van der Waals surface area contributed by atoms with Gasteiger partial charge in [-0.1, -0.05) is 29.8 Å². The maximum absolute atomic E-state index is 9.71. The number of hydrogen-bond donors (Lipinski definition) is 1. The zero-order valence-corrected chi connectivity index (χ0v) is 11.5. The van der Waals surface area contributed by atoms with Crippen molar-refractivity contribution in [2.45, 2.75) is 31.3 Å². The second kappa shape index (κ2) is 6.56. The second-order valence-corrected chi connectivity index (χ2v) is 6.06.